The molecule has 2 heterocycles. The number of anilines is 1. The maximum Gasteiger partial charge on any atom is 0.320 e. The van der Waals surface area contributed by atoms with E-state index < -0.39 is 0 Å². The van der Waals surface area contributed by atoms with Crippen LogP contribution in [0.3, 0.4) is 0 Å². The molecule has 0 unspecified atom stereocenters. The Balaban J connectivity index is 1.40. The Morgan fingerprint density at radius 2 is 1.70 bits per heavy atom. The summed E-state index contributed by atoms with van der Waals surface area (Å²) in [6.45, 7) is 1.26. The Bertz CT molecular complexity index is 1090. The van der Waals surface area contributed by atoms with E-state index in [2.05, 4.69) is 39.2 Å². The second kappa shape index (κ2) is 9.26. The molecule has 0 saturated heterocycles. The lowest BCUT2D eigenvalue weighted by atomic mass is 10.1. The zero-order valence-corrected chi connectivity index (χ0v) is 17.0. The average molecular weight is 403 g/mol. The van der Waals surface area contributed by atoms with Crippen molar-refractivity contribution < 1.29 is 9.47 Å². The van der Waals surface area contributed by atoms with Crippen LogP contribution in [0, 0.1) is 0 Å². The van der Waals surface area contributed by atoms with Gasteiger partial charge in [-0.05, 0) is 42.5 Å². The molecule has 2 N–H and O–H groups in total. The van der Waals surface area contributed by atoms with Gasteiger partial charge < -0.3 is 19.8 Å². The molecule has 0 aliphatic carbocycles. The van der Waals surface area contributed by atoms with Crippen LogP contribution in [-0.2, 0) is 19.4 Å². The molecule has 2 aromatic heterocycles. The smallest absolute Gasteiger partial charge is 0.320 e. The number of nitrogen functional groups attached to an aromatic ring is 1. The van der Waals surface area contributed by atoms with Gasteiger partial charge in [-0.15, -0.1) is 0 Å². The van der Waals surface area contributed by atoms with Crippen LogP contribution in [0.15, 0.2) is 60.9 Å². The molecule has 0 atom stereocenters. The van der Waals surface area contributed by atoms with Crippen molar-refractivity contribution in [2.45, 2.75) is 25.8 Å². The molecule has 2 aromatic carbocycles. The van der Waals surface area contributed by atoms with Crippen molar-refractivity contribution in [3.8, 4) is 11.8 Å². The minimum atomic E-state index is 0.291. The fourth-order valence-corrected chi connectivity index (χ4v) is 3.30. The van der Waals surface area contributed by atoms with Gasteiger partial charge >= 0.3 is 6.01 Å². The molecular weight excluding hydrogens is 378 g/mol. The molecule has 0 aliphatic rings. The topological polar surface area (TPSA) is 88.1 Å². The van der Waals surface area contributed by atoms with Crippen LogP contribution >= 0.6 is 0 Å². The summed E-state index contributed by atoms with van der Waals surface area (Å²) < 4.78 is 13.0. The van der Waals surface area contributed by atoms with E-state index in [0.29, 0.717) is 29.6 Å². The van der Waals surface area contributed by atoms with E-state index >= 15 is 0 Å². The summed E-state index contributed by atoms with van der Waals surface area (Å²) in [5.74, 6) is 1.18. The molecule has 154 valence electrons. The van der Waals surface area contributed by atoms with Crippen LogP contribution in [0.25, 0.3) is 11.2 Å². The molecule has 0 saturated carbocycles. The number of nitrogens with zero attached hydrogens (tertiary/aromatic N) is 4. The lowest BCUT2D eigenvalue weighted by Crippen LogP contribution is -2.07. The Morgan fingerprint density at radius 1 is 0.933 bits per heavy atom. The fraction of sp³-hybridized carbons (Fsp3) is 0.261. The molecule has 0 bridgehead atoms. The minimum absolute atomic E-state index is 0.291. The normalized spacial score (nSPS) is 11.0. The van der Waals surface area contributed by atoms with E-state index in [1.54, 1.807) is 13.4 Å². The molecule has 4 rings (SSSR count). The van der Waals surface area contributed by atoms with Gasteiger partial charge in [-0.3, -0.25) is 0 Å². The molecule has 0 aliphatic heterocycles. The third-order valence-corrected chi connectivity index (χ3v) is 4.95. The monoisotopic (exact) mass is 403 g/mol. The van der Waals surface area contributed by atoms with Crippen molar-refractivity contribution in [2.75, 3.05) is 19.5 Å². The van der Waals surface area contributed by atoms with Gasteiger partial charge in [-0.25, -0.2) is 4.98 Å². The number of nitrogens with two attached hydrogens (primary N) is 1. The van der Waals surface area contributed by atoms with Gasteiger partial charge in [0, 0.05) is 6.54 Å². The molecule has 0 fully saturated rings. The lowest BCUT2D eigenvalue weighted by molar-refractivity contribution is 0.288. The summed E-state index contributed by atoms with van der Waals surface area (Å²) in [7, 11) is 1.66. The number of fused-ring (bicyclic) bond motifs is 1. The minimum Gasteiger partial charge on any atom is -0.497 e. The van der Waals surface area contributed by atoms with Crippen LogP contribution in [0.4, 0.5) is 5.82 Å². The van der Waals surface area contributed by atoms with Gasteiger partial charge in [0.2, 0.25) is 0 Å². The third-order valence-electron chi connectivity index (χ3n) is 4.95. The standard InChI is InChI=1S/C23H25N5O2/c1-29-19-11-9-18(10-12-19)13-14-28-16-25-20-21(24)26-23(27-22(20)28)30-15-5-8-17-6-3-2-4-7-17/h2-4,6-7,9-12,16H,5,8,13-15H2,1H3,(H2,24,26,27). The summed E-state index contributed by atoms with van der Waals surface area (Å²) in [5, 5.41) is 0. The van der Waals surface area contributed by atoms with Crippen LogP contribution in [-0.4, -0.2) is 33.2 Å². The number of hydrogen-bond acceptors (Lipinski definition) is 6. The summed E-state index contributed by atoms with van der Waals surface area (Å²) in [4.78, 5) is 13.2. The second-order valence-electron chi connectivity index (χ2n) is 7.04. The average Bonchev–Trinajstić information content (AvgIpc) is 3.20. The van der Waals surface area contributed by atoms with Crippen LogP contribution < -0.4 is 15.2 Å². The van der Waals surface area contributed by atoms with Gasteiger partial charge in [0.25, 0.3) is 0 Å². The first-order chi connectivity index (χ1) is 14.7. The van der Waals surface area contributed by atoms with Gasteiger partial charge in [0.05, 0.1) is 20.0 Å². The van der Waals surface area contributed by atoms with E-state index in [0.717, 1.165) is 31.6 Å². The zero-order valence-electron chi connectivity index (χ0n) is 17.0. The maximum absolute atomic E-state index is 6.08. The van der Waals surface area contributed by atoms with Gasteiger partial charge in [-0.2, -0.15) is 9.97 Å². The van der Waals surface area contributed by atoms with Crippen LogP contribution in [0.1, 0.15) is 17.5 Å². The maximum atomic E-state index is 6.08. The number of aryl methyl sites for hydroxylation is 3. The SMILES string of the molecule is COc1ccc(CCn2cnc3c(N)nc(OCCCc4ccccc4)nc32)cc1. The Labute approximate surface area is 175 Å². The fourth-order valence-electron chi connectivity index (χ4n) is 3.30. The summed E-state index contributed by atoms with van der Waals surface area (Å²) in [6, 6.07) is 18.7. The molecule has 0 radical (unpaired) electrons. The van der Waals surface area contributed by atoms with Crippen molar-refractivity contribution in [1.29, 1.82) is 0 Å². The summed E-state index contributed by atoms with van der Waals surface area (Å²) in [6.07, 6.45) is 4.41. The van der Waals surface area contributed by atoms with Crippen molar-refractivity contribution in [3.63, 3.8) is 0 Å². The second-order valence-corrected chi connectivity index (χ2v) is 7.04. The molecule has 0 spiro atoms. The molecule has 4 aromatic rings. The van der Waals surface area contributed by atoms with Crippen molar-refractivity contribution in [3.05, 3.63) is 72.1 Å². The highest BCUT2D eigenvalue weighted by molar-refractivity contribution is 5.81. The van der Waals surface area contributed by atoms with Crippen LogP contribution in [0.5, 0.6) is 11.8 Å². The van der Waals surface area contributed by atoms with Gasteiger partial charge in [-0.1, -0.05) is 42.5 Å². The lowest BCUT2D eigenvalue weighted by Gasteiger charge is -2.08. The first-order valence-electron chi connectivity index (χ1n) is 10.0. The highest BCUT2D eigenvalue weighted by Crippen LogP contribution is 2.20. The first-order valence-corrected chi connectivity index (χ1v) is 10.0. The highest BCUT2D eigenvalue weighted by atomic mass is 16.5. The third kappa shape index (κ3) is 4.68. The molecular formula is C23H25N5O2. The van der Waals surface area contributed by atoms with Crippen molar-refractivity contribution in [1.82, 2.24) is 19.5 Å². The summed E-state index contributed by atoms with van der Waals surface area (Å²) in [5.41, 5.74) is 9.86. The molecule has 7 nitrogen and oxygen atoms in total. The van der Waals surface area contributed by atoms with Gasteiger partial charge in [0.15, 0.2) is 17.0 Å². The van der Waals surface area contributed by atoms with Crippen molar-refractivity contribution >= 4 is 17.0 Å². The number of methoxy groups -OCH3 is 1. The van der Waals surface area contributed by atoms with E-state index in [9.17, 15) is 0 Å². The number of rotatable bonds is 9. The number of hydrogen-bond donors (Lipinski definition) is 1. The predicted octanol–water partition coefficient (Wildman–Crippen LogP) is 3.67. The van der Waals surface area contributed by atoms with E-state index in [1.165, 1.54) is 11.1 Å². The summed E-state index contributed by atoms with van der Waals surface area (Å²) >= 11 is 0. The molecule has 0 amide bonds. The van der Waals surface area contributed by atoms with E-state index in [-0.39, 0.29) is 0 Å². The largest absolute Gasteiger partial charge is 0.497 e. The number of imidazole rings is 1. The number of benzene rings is 2. The number of aromatic nitrogens is 4. The molecule has 7 heteroatoms. The number of ether oxygens (including phenoxy) is 2. The van der Waals surface area contributed by atoms with E-state index in [1.807, 2.05) is 34.9 Å². The Kier molecular flexibility index (Phi) is 6.08. The Morgan fingerprint density at radius 3 is 2.47 bits per heavy atom. The van der Waals surface area contributed by atoms with Gasteiger partial charge in [0.1, 0.15) is 5.75 Å². The van der Waals surface area contributed by atoms with Crippen molar-refractivity contribution in [2.24, 2.45) is 0 Å². The quantitative estimate of drug-likeness (QED) is 0.429. The first kappa shape index (κ1) is 19.7. The predicted molar refractivity (Wildman–Crippen MR) is 117 cm³/mol. The highest BCUT2D eigenvalue weighted by Gasteiger charge is 2.12. The zero-order chi connectivity index (χ0) is 20.8. The van der Waals surface area contributed by atoms with Crippen LogP contribution in [0.2, 0.25) is 0 Å². The van der Waals surface area contributed by atoms with E-state index in [4.69, 9.17) is 15.2 Å². The Hall–Kier alpha value is -3.61. The molecule has 30 heavy (non-hydrogen) atoms.